The van der Waals surface area contributed by atoms with Gasteiger partial charge in [0.05, 0.1) is 11.2 Å². The second-order valence-electron chi connectivity index (χ2n) is 7.27. The molecule has 1 aromatic carbocycles. The lowest BCUT2D eigenvalue weighted by Crippen LogP contribution is -2.65. The van der Waals surface area contributed by atoms with E-state index in [4.69, 9.17) is 0 Å². The van der Waals surface area contributed by atoms with Gasteiger partial charge in [0.2, 0.25) is 15.9 Å². The van der Waals surface area contributed by atoms with Crippen molar-refractivity contribution in [2.45, 2.75) is 13.3 Å². The minimum Gasteiger partial charge on any atom is -0.354 e. The van der Waals surface area contributed by atoms with Crippen LogP contribution >= 0.6 is 0 Å². The van der Waals surface area contributed by atoms with Gasteiger partial charge in [-0.1, -0.05) is 30.3 Å². The van der Waals surface area contributed by atoms with Crippen LogP contribution in [0.4, 0.5) is 5.82 Å². The summed E-state index contributed by atoms with van der Waals surface area (Å²) in [4.78, 5) is 19.5. The number of sulfonamides is 1. The molecule has 2 heterocycles. The van der Waals surface area contributed by atoms with Crippen molar-refractivity contribution in [3.8, 4) is 0 Å². The Morgan fingerprint density at radius 2 is 1.93 bits per heavy atom. The van der Waals surface area contributed by atoms with Crippen molar-refractivity contribution in [1.29, 1.82) is 0 Å². The Morgan fingerprint density at radius 3 is 2.57 bits per heavy atom. The highest BCUT2D eigenvalue weighted by molar-refractivity contribution is 7.89. The van der Waals surface area contributed by atoms with Crippen LogP contribution < -0.4 is 14.9 Å². The van der Waals surface area contributed by atoms with E-state index in [0.29, 0.717) is 19.5 Å². The van der Waals surface area contributed by atoms with Crippen molar-refractivity contribution in [2.75, 3.05) is 37.3 Å². The molecule has 0 aliphatic carbocycles. The van der Waals surface area contributed by atoms with Gasteiger partial charge in [0.25, 0.3) is 0 Å². The second kappa shape index (κ2) is 8.28. The van der Waals surface area contributed by atoms with E-state index in [1.807, 2.05) is 49.4 Å². The van der Waals surface area contributed by atoms with Crippen LogP contribution in [0.1, 0.15) is 11.1 Å². The van der Waals surface area contributed by atoms with Crippen LogP contribution in [0.25, 0.3) is 0 Å². The number of hydrogen-bond donors (Lipinski definition) is 2. The largest absolute Gasteiger partial charge is 0.354 e. The summed E-state index contributed by atoms with van der Waals surface area (Å²) in [7, 11) is -1.98. The second-order valence-corrected chi connectivity index (χ2v) is 9.32. The van der Waals surface area contributed by atoms with Gasteiger partial charge in [-0.2, -0.15) is 0 Å². The third-order valence-electron chi connectivity index (χ3n) is 5.05. The summed E-state index contributed by atoms with van der Waals surface area (Å²) >= 11 is 0. The van der Waals surface area contributed by atoms with Crippen LogP contribution in [0, 0.1) is 12.3 Å². The predicted octanol–water partition coefficient (Wildman–Crippen LogP) is 1.10. The molecule has 7 nitrogen and oxygen atoms in total. The SMILES string of the molecule is CNS(=O)(=O)CCNC(=O)C1(Cc2ccccc2)CN(c2cc(C)ccn2)C1. The number of carbonyl (C=O) groups is 1. The lowest BCUT2D eigenvalue weighted by atomic mass is 9.73. The highest BCUT2D eigenvalue weighted by Crippen LogP contribution is 2.37. The molecule has 0 radical (unpaired) electrons. The zero-order valence-corrected chi connectivity index (χ0v) is 17.0. The molecule has 8 heteroatoms. The fourth-order valence-electron chi connectivity index (χ4n) is 3.45. The Labute approximate surface area is 166 Å². The minimum atomic E-state index is -3.35. The summed E-state index contributed by atoms with van der Waals surface area (Å²) in [5, 5.41) is 2.81. The molecule has 1 aliphatic heterocycles. The van der Waals surface area contributed by atoms with Gasteiger partial charge in [-0.15, -0.1) is 0 Å². The quantitative estimate of drug-likeness (QED) is 0.690. The van der Waals surface area contributed by atoms with E-state index < -0.39 is 15.4 Å². The van der Waals surface area contributed by atoms with E-state index in [0.717, 1.165) is 16.9 Å². The van der Waals surface area contributed by atoms with Crippen molar-refractivity contribution in [3.63, 3.8) is 0 Å². The van der Waals surface area contributed by atoms with Gasteiger partial charge in [0.15, 0.2) is 0 Å². The molecule has 2 aromatic rings. The van der Waals surface area contributed by atoms with Crippen molar-refractivity contribution < 1.29 is 13.2 Å². The summed E-state index contributed by atoms with van der Waals surface area (Å²) in [6.45, 7) is 3.18. The maximum absolute atomic E-state index is 13.0. The molecule has 0 atom stereocenters. The van der Waals surface area contributed by atoms with Gasteiger partial charge in [-0.3, -0.25) is 4.79 Å². The lowest BCUT2D eigenvalue weighted by Gasteiger charge is -2.49. The molecule has 0 bridgehead atoms. The monoisotopic (exact) mass is 402 g/mol. The Kier molecular flexibility index (Phi) is 6.00. The standard InChI is InChI=1S/C20H26N4O3S/c1-16-8-9-22-18(12-16)24-14-20(15-24,13-17-6-4-3-5-7-17)19(25)23-10-11-28(26,27)21-2/h3-9,12,21H,10-11,13-15H2,1-2H3,(H,23,25). The van der Waals surface area contributed by atoms with E-state index >= 15 is 0 Å². The summed E-state index contributed by atoms with van der Waals surface area (Å²) in [6, 6.07) is 13.8. The number of nitrogens with one attached hydrogen (secondary N) is 2. The van der Waals surface area contributed by atoms with Gasteiger partial charge >= 0.3 is 0 Å². The van der Waals surface area contributed by atoms with E-state index in [1.54, 1.807) is 6.20 Å². The topological polar surface area (TPSA) is 91.4 Å². The summed E-state index contributed by atoms with van der Waals surface area (Å²) in [6.07, 6.45) is 2.37. The van der Waals surface area contributed by atoms with E-state index in [2.05, 4.69) is 19.9 Å². The molecule has 1 aliphatic rings. The van der Waals surface area contributed by atoms with Crippen molar-refractivity contribution in [1.82, 2.24) is 15.0 Å². The van der Waals surface area contributed by atoms with Crippen LogP contribution in [0.3, 0.4) is 0 Å². The third kappa shape index (κ3) is 4.69. The minimum absolute atomic E-state index is 0.0846. The molecular weight excluding hydrogens is 376 g/mol. The first-order valence-electron chi connectivity index (χ1n) is 9.25. The van der Waals surface area contributed by atoms with Gasteiger partial charge in [-0.25, -0.2) is 18.1 Å². The first-order chi connectivity index (χ1) is 13.3. The fourth-order valence-corrected chi connectivity index (χ4v) is 4.03. The van der Waals surface area contributed by atoms with Crippen LogP contribution in [0.5, 0.6) is 0 Å². The first kappa shape index (κ1) is 20.3. The van der Waals surface area contributed by atoms with Gasteiger partial charge < -0.3 is 10.2 Å². The van der Waals surface area contributed by atoms with E-state index in [1.165, 1.54) is 7.05 Å². The molecule has 2 N–H and O–H groups in total. The number of rotatable bonds is 8. The fraction of sp³-hybridized carbons (Fsp3) is 0.400. The normalized spacial score (nSPS) is 15.7. The van der Waals surface area contributed by atoms with Crippen molar-refractivity contribution in [2.24, 2.45) is 5.41 Å². The lowest BCUT2D eigenvalue weighted by molar-refractivity contribution is -0.132. The van der Waals surface area contributed by atoms with Crippen molar-refractivity contribution in [3.05, 3.63) is 59.8 Å². The van der Waals surface area contributed by atoms with Crippen LogP contribution in [0.15, 0.2) is 48.7 Å². The molecule has 0 spiro atoms. The van der Waals surface area contributed by atoms with Crippen LogP contribution in [-0.4, -0.2) is 51.7 Å². The van der Waals surface area contributed by atoms with Crippen LogP contribution in [-0.2, 0) is 21.2 Å². The maximum Gasteiger partial charge on any atom is 0.230 e. The highest BCUT2D eigenvalue weighted by atomic mass is 32.2. The molecular formula is C20H26N4O3S. The number of anilines is 1. The highest BCUT2D eigenvalue weighted by Gasteiger charge is 2.49. The Balaban J connectivity index is 1.72. The van der Waals surface area contributed by atoms with E-state index in [9.17, 15) is 13.2 Å². The molecule has 0 unspecified atom stereocenters. The zero-order valence-electron chi connectivity index (χ0n) is 16.2. The number of carbonyl (C=O) groups excluding carboxylic acids is 1. The van der Waals surface area contributed by atoms with Crippen LogP contribution in [0.2, 0.25) is 0 Å². The molecule has 1 amide bonds. The Bertz CT molecular complexity index is 925. The van der Waals surface area contributed by atoms with Gasteiger partial charge in [0, 0.05) is 25.8 Å². The number of aromatic nitrogens is 1. The summed E-state index contributed by atoms with van der Waals surface area (Å²) < 4.78 is 25.5. The van der Waals surface area contributed by atoms with E-state index in [-0.39, 0.29) is 18.2 Å². The molecule has 1 saturated heterocycles. The number of amides is 1. The predicted molar refractivity (Wildman–Crippen MR) is 110 cm³/mol. The number of pyridine rings is 1. The maximum atomic E-state index is 13.0. The zero-order chi connectivity index (χ0) is 20.2. The number of hydrogen-bond acceptors (Lipinski definition) is 5. The first-order valence-corrected chi connectivity index (χ1v) is 10.9. The molecule has 1 aromatic heterocycles. The molecule has 150 valence electrons. The average Bonchev–Trinajstić information content (AvgIpc) is 2.65. The summed E-state index contributed by atoms with van der Waals surface area (Å²) in [5.74, 6) is 0.598. The Hall–Kier alpha value is -2.45. The third-order valence-corrected chi connectivity index (χ3v) is 6.41. The molecule has 3 rings (SSSR count). The van der Waals surface area contributed by atoms with Gasteiger partial charge in [0.1, 0.15) is 5.82 Å². The number of aryl methyl sites for hydroxylation is 1. The number of nitrogens with zero attached hydrogens (tertiary/aromatic N) is 2. The van der Waals surface area contributed by atoms with Gasteiger partial charge in [-0.05, 0) is 43.7 Å². The van der Waals surface area contributed by atoms with Crippen molar-refractivity contribution >= 4 is 21.7 Å². The Morgan fingerprint density at radius 1 is 1.21 bits per heavy atom. The summed E-state index contributed by atoms with van der Waals surface area (Å²) in [5.41, 5.74) is 1.60. The molecule has 1 fully saturated rings. The molecule has 28 heavy (non-hydrogen) atoms. The number of benzene rings is 1. The smallest absolute Gasteiger partial charge is 0.230 e. The molecule has 0 saturated carbocycles. The average molecular weight is 403 g/mol.